The Balaban J connectivity index is 0.00000176. The van der Waals surface area contributed by atoms with Crippen LogP contribution in [0.25, 0.3) is 11.1 Å². The Bertz CT molecular complexity index is 633. The molecular formula is C17H21FN2OS. The molecule has 1 aromatic heterocycles. The number of nitrogens with zero attached hydrogens (tertiary/aromatic N) is 2. The molecule has 3 nitrogen and oxygen atoms in total. The summed E-state index contributed by atoms with van der Waals surface area (Å²) in [6.07, 6.45) is 1.58. The highest BCUT2D eigenvalue weighted by Crippen LogP contribution is 2.28. The van der Waals surface area contributed by atoms with E-state index in [1.54, 1.807) is 12.3 Å². The lowest BCUT2D eigenvalue weighted by Gasteiger charge is -2.35. The molecule has 0 spiro atoms. The van der Waals surface area contributed by atoms with Gasteiger partial charge in [0.15, 0.2) is 0 Å². The van der Waals surface area contributed by atoms with E-state index in [1.165, 1.54) is 17.3 Å². The molecule has 0 radical (unpaired) electrons. The number of hydrogen-bond donors (Lipinski definition) is 0. The molecule has 1 aliphatic heterocycles. The molecule has 1 aromatic carbocycles. The molecule has 118 valence electrons. The summed E-state index contributed by atoms with van der Waals surface area (Å²) in [5, 5.41) is 0. The second kappa shape index (κ2) is 7.11. The zero-order valence-corrected chi connectivity index (χ0v) is 13.8. The Kier molecular flexibility index (Phi) is 5.42. The van der Waals surface area contributed by atoms with Crippen LogP contribution in [-0.2, 0) is 4.74 Å². The number of aryl methyl sites for hydroxylation is 1. The van der Waals surface area contributed by atoms with Crippen molar-refractivity contribution in [2.24, 2.45) is 0 Å². The summed E-state index contributed by atoms with van der Waals surface area (Å²) in [5.74, 6) is -0.449. The van der Waals surface area contributed by atoms with Crippen LogP contribution in [0.4, 0.5) is 10.1 Å². The maximum Gasteiger partial charge on any atom is 0.212 e. The molecule has 0 amide bonds. The first-order valence-electron chi connectivity index (χ1n) is 7.22. The van der Waals surface area contributed by atoms with E-state index < -0.39 is 5.95 Å². The second-order valence-electron chi connectivity index (χ2n) is 5.49. The van der Waals surface area contributed by atoms with Gasteiger partial charge in [-0.1, -0.05) is 6.07 Å². The molecule has 3 rings (SSSR count). The van der Waals surface area contributed by atoms with Crippen LogP contribution < -0.4 is 4.90 Å². The first-order valence-corrected chi connectivity index (χ1v) is 7.22. The van der Waals surface area contributed by atoms with Crippen molar-refractivity contribution in [2.75, 3.05) is 24.7 Å². The van der Waals surface area contributed by atoms with Gasteiger partial charge in [-0.25, -0.2) is 4.98 Å². The number of morpholine rings is 1. The Morgan fingerprint density at radius 3 is 2.73 bits per heavy atom. The number of halogens is 1. The SMILES string of the molecule is Cc1cc(N2CCOC[C@@H]2C)ccc1-c1ccc(F)nc1.S. The van der Waals surface area contributed by atoms with Crippen molar-refractivity contribution in [3.63, 3.8) is 0 Å². The fourth-order valence-corrected chi connectivity index (χ4v) is 2.80. The average molecular weight is 320 g/mol. The van der Waals surface area contributed by atoms with Crippen LogP contribution in [0.5, 0.6) is 0 Å². The topological polar surface area (TPSA) is 25.4 Å². The molecule has 1 atom stereocenters. The minimum atomic E-state index is -0.449. The number of hydrogen-bond acceptors (Lipinski definition) is 3. The summed E-state index contributed by atoms with van der Waals surface area (Å²) in [6, 6.07) is 9.93. The van der Waals surface area contributed by atoms with Crippen molar-refractivity contribution in [3.05, 3.63) is 48.0 Å². The third-order valence-corrected chi connectivity index (χ3v) is 3.95. The first kappa shape index (κ1) is 16.8. The lowest BCUT2D eigenvalue weighted by Crippen LogP contribution is -2.43. The van der Waals surface area contributed by atoms with Crippen LogP contribution >= 0.6 is 13.5 Å². The van der Waals surface area contributed by atoms with E-state index in [9.17, 15) is 4.39 Å². The summed E-state index contributed by atoms with van der Waals surface area (Å²) in [6.45, 7) is 6.70. The largest absolute Gasteiger partial charge is 0.377 e. The fourth-order valence-electron chi connectivity index (χ4n) is 2.80. The molecular weight excluding hydrogens is 299 g/mol. The zero-order valence-electron chi connectivity index (χ0n) is 12.8. The summed E-state index contributed by atoms with van der Waals surface area (Å²) in [7, 11) is 0. The molecule has 0 N–H and O–H groups in total. The van der Waals surface area contributed by atoms with Gasteiger partial charge < -0.3 is 9.64 Å². The van der Waals surface area contributed by atoms with Gasteiger partial charge >= 0.3 is 0 Å². The van der Waals surface area contributed by atoms with Crippen molar-refractivity contribution in [3.8, 4) is 11.1 Å². The molecule has 0 bridgehead atoms. The minimum absolute atomic E-state index is 0. The lowest BCUT2D eigenvalue weighted by atomic mass is 10.0. The smallest absolute Gasteiger partial charge is 0.212 e. The van der Waals surface area contributed by atoms with Gasteiger partial charge in [0.05, 0.1) is 13.2 Å². The summed E-state index contributed by atoms with van der Waals surface area (Å²) >= 11 is 0. The summed E-state index contributed by atoms with van der Waals surface area (Å²) in [4.78, 5) is 6.09. The van der Waals surface area contributed by atoms with Gasteiger partial charge in [-0.15, -0.1) is 0 Å². The van der Waals surface area contributed by atoms with Crippen LogP contribution in [0, 0.1) is 12.9 Å². The molecule has 22 heavy (non-hydrogen) atoms. The molecule has 0 unspecified atom stereocenters. The van der Waals surface area contributed by atoms with Gasteiger partial charge in [0.1, 0.15) is 0 Å². The monoisotopic (exact) mass is 320 g/mol. The van der Waals surface area contributed by atoms with E-state index >= 15 is 0 Å². The van der Waals surface area contributed by atoms with Crippen molar-refractivity contribution >= 4 is 19.2 Å². The van der Waals surface area contributed by atoms with Gasteiger partial charge in [-0.2, -0.15) is 17.9 Å². The quantitative estimate of drug-likeness (QED) is 0.792. The van der Waals surface area contributed by atoms with E-state index in [0.29, 0.717) is 6.04 Å². The standard InChI is InChI=1S/C17H19FN2O.H2S/c1-12-9-15(20-7-8-21-11-13(20)2)4-5-16(12)14-3-6-17(18)19-10-14;/h3-6,9-10,13H,7-8,11H2,1-2H3;1H2/t13-;/m0./s1. The van der Waals surface area contributed by atoms with E-state index in [1.807, 2.05) is 0 Å². The van der Waals surface area contributed by atoms with Crippen molar-refractivity contribution in [1.82, 2.24) is 4.98 Å². The molecule has 5 heteroatoms. The minimum Gasteiger partial charge on any atom is -0.377 e. The Morgan fingerprint density at radius 2 is 2.09 bits per heavy atom. The number of pyridine rings is 1. The Hall–Kier alpha value is -1.59. The van der Waals surface area contributed by atoms with Gasteiger partial charge in [-0.3, -0.25) is 0 Å². The van der Waals surface area contributed by atoms with E-state index in [2.05, 4.69) is 41.9 Å². The average Bonchev–Trinajstić information content (AvgIpc) is 2.49. The Labute approximate surface area is 137 Å². The second-order valence-corrected chi connectivity index (χ2v) is 5.49. The van der Waals surface area contributed by atoms with E-state index in [0.717, 1.165) is 30.9 Å². The van der Waals surface area contributed by atoms with Crippen molar-refractivity contribution in [2.45, 2.75) is 19.9 Å². The van der Waals surface area contributed by atoms with Crippen LogP contribution in [-0.4, -0.2) is 30.8 Å². The molecule has 2 heterocycles. The van der Waals surface area contributed by atoms with Crippen LogP contribution in [0.15, 0.2) is 36.5 Å². The number of benzene rings is 1. The number of anilines is 1. The van der Waals surface area contributed by atoms with E-state index in [4.69, 9.17) is 4.74 Å². The Morgan fingerprint density at radius 1 is 1.27 bits per heavy atom. The van der Waals surface area contributed by atoms with Crippen molar-refractivity contribution in [1.29, 1.82) is 0 Å². The highest BCUT2D eigenvalue weighted by molar-refractivity contribution is 7.59. The summed E-state index contributed by atoms with van der Waals surface area (Å²) < 4.78 is 18.4. The van der Waals surface area contributed by atoms with Gasteiger partial charge in [0.25, 0.3) is 0 Å². The molecule has 1 aliphatic rings. The molecule has 1 fully saturated rings. The molecule has 2 aromatic rings. The van der Waals surface area contributed by atoms with E-state index in [-0.39, 0.29) is 13.5 Å². The fraction of sp³-hybridized carbons (Fsp3) is 0.353. The first-order chi connectivity index (χ1) is 10.1. The van der Waals surface area contributed by atoms with Gasteiger partial charge in [-0.05, 0) is 49.2 Å². The normalized spacial score (nSPS) is 18.0. The third-order valence-electron chi connectivity index (χ3n) is 3.95. The number of aromatic nitrogens is 1. The number of ether oxygens (including phenoxy) is 1. The highest BCUT2D eigenvalue weighted by Gasteiger charge is 2.19. The predicted octanol–water partition coefficient (Wildman–Crippen LogP) is 3.53. The van der Waals surface area contributed by atoms with Crippen LogP contribution in [0.2, 0.25) is 0 Å². The molecule has 0 saturated carbocycles. The van der Waals surface area contributed by atoms with Gasteiger partial charge in [0.2, 0.25) is 5.95 Å². The van der Waals surface area contributed by atoms with Crippen LogP contribution in [0.1, 0.15) is 12.5 Å². The maximum atomic E-state index is 12.9. The predicted molar refractivity (Wildman–Crippen MR) is 92.4 cm³/mol. The third kappa shape index (κ3) is 3.42. The van der Waals surface area contributed by atoms with Gasteiger partial charge in [0, 0.05) is 30.0 Å². The maximum absolute atomic E-state index is 12.9. The van der Waals surface area contributed by atoms with Crippen molar-refractivity contribution < 1.29 is 9.13 Å². The molecule has 1 saturated heterocycles. The highest BCUT2D eigenvalue weighted by atomic mass is 32.1. The van der Waals surface area contributed by atoms with Crippen LogP contribution in [0.3, 0.4) is 0 Å². The lowest BCUT2D eigenvalue weighted by molar-refractivity contribution is 0.0989. The number of rotatable bonds is 2. The zero-order chi connectivity index (χ0) is 14.8. The molecule has 0 aliphatic carbocycles. The summed E-state index contributed by atoms with van der Waals surface area (Å²) in [5.41, 5.74) is 4.41.